The lowest BCUT2D eigenvalue weighted by molar-refractivity contribution is 1.48. The van der Waals surface area contributed by atoms with E-state index in [1.165, 1.54) is 0 Å². The highest BCUT2D eigenvalue weighted by Gasteiger charge is 1.75. The first kappa shape index (κ1) is 6.71. The largest absolute Gasteiger partial charge is 0.256 e. The molecule has 0 aromatic heterocycles. The van der Waals surface area contributed by atoms with Crippen LogP contribution in [0.1, 0.15) is 0 Å². The van der Waals surface area contributed by atoms with Gasteiger partial charge < -0.3 is 0 Å². The average molecular weight is 105 g/mol. The molecule has 0 unspecified atom stereocenters. The van der Waals surface area contributed by atoms with Crippen LogP contribution in [0.4, 0.5) is 0 Å². The summed E-state index contributed by atoms with van der Waals surface area (Å²) in [4.78, 5) is 3.50. The van der Waals surface area contributed by atoms with E-state index in [1.54, 1.807) is 12.2 Å². The van der Waals surface area contributed by atoms with Gasteiger partial charge in [0.1, 0.15) is 5.70 Å². The van der Waals surface area contributed by atoms with Crippen LogP contribution >= 0.6 is 0 Å². The summed E-state index contributed by atoms with van der Waals surface area (Å²) in [7, 11) is 0. The molecule has 0 aliphatic heterocycles. The lowest BCUT2D eigenvalue weighted by Crippen LogP contribution is -1.65. The Balaban J connectivity index is 4.12. The number of hydrogen-bond acceptors (Lipinski definition) is 1. The van der Waals surface area contributed by atoms with E-state index in [-0.39, 0.29) is 0 Å². The van der Waals surface area contributed by atoms with Crippen molar-refractivity contribution >= 4 is 6.72 Å². The van der Waals surface area contributed by atoms with Crippen LogP contribution < -0.4 is 0 Å². The van der Waals surface area contributed by atoms with E-state index in [9.17, 15) is 0 Å². The molecule has 0 rings (SSSR count). The first-order chi connectivity index (χ1) is 3.85. The van der Waals surface area contributed by atoms with Crippen molar-refractivity contribution in [1.29, 1.82) is 0 Å². The van der Waals surface area contributed by atoms with E-state index < -0.39 is 0 Å². The van der Waals surface area contributed by atoms with Crippen molar-refractivity contribution in [1.82, 2.24) is 0 Å². The fourth-order valence-electron chi connectivity index (χ4n) is 0.258. The monoisotopic (exact) mass is 105 g/mol. The van der Waals surface area contributed by atoms with Gasteiger partial charge in [0.25, 0.3) is 0 Å². The first-order valence-corrected chi connectivity index (χ1v) is 2.11. The molecular weight excluding hydrogens is 98.1 g/mol. The summed E-state index contributed by atoms with van der Waals surface area (Å²) in [5, 5.41) is 0. The number of terminal acetylenes is 1. The van der Waals surface area contributed by atoms with Gasteiger partial charge in [-0.1, -0.05) is 18.6 Å². The van der Waals surface area contributed by atoms with Crippen molar-refractivity contribution in [3.05, 3.63) is 24.4 Å². The van der Waals surface area contributed by atoms with Crippen LogP contribution in [0, 0.1) is 12.3 Å². The van der Waals surface area contributed by atoms with Gasteiger partial charge in [-0.2, -0.15) is 0 Å². The summed E-state index contributed by atoms with van der Waals surface area (Å²) in [6, 6.07) is 0. The van der Waals surface area contributed by atoms with Crippen LogP contribution in [0.2, 0.25) is 0 Å². The molecule has 0 fully saturated rings. The molecule has 0 aromatic carbocycles. The minimum absolute atomic E-state index is 0.514. The number of hydrogen-bond donors (Lipinski definition) is 0. The number of aliphatic imine (C=N–C) groups is 1. The van der Waals surface area contributed by atoms with Gasteiger partial charge in [0.15, 0.2) is 0 Å². The van der Waals surface area contributed by atoms with Crippen LogP contribution in [0.15, 0.2) is 29.4 Å². The maximum Gasteiger partial charge on any atom is 0.112 e. The maximum atomic E-state index is 4.97. The normalized spacial score (nSPS) is 9.62. The van der Waals surface area contributed by atoms with Crippen molar-refractivity contribution < 1.29 is 0 Å². The van der Waals surface area contributed by atoms with Crippen molar-refractivity contribution in [2.45, 2.75) is 0 Å². The Labute approximate surface area is 49.4 Å². The van der Waals surface area contributed by atoms with Crippen molar-refractivity contribution in [2.75, 3.05) is 0 Å². The summed E-state index contributed by atoms with van der Waals surface area (Å²) in [6.07, 6.45) is 8.16. The molecule has 0 bridgehead atoms. The van der Waals surface area contributed by atoms with Gasteiger partial charge in [-0.15, -0.1) is 6.42 Å². The van der Waals surface area contributed by atoms with Crippen LogP contribution in [0.5, 0.6) is 0 Å². The van der Waals surface area contributed by atoms with Crippen LogP contribution in [-0.4, -0.2) is 6.72 Å². The molecule has 0 amide bonds. The van der Waals surface area contributed by atoms with Gasteiger partial charge in [-0.25, -0.2) is 0 Å². The van der Waals surface area contributed by atoms with E-state index in [1.807, 2.05) is 0 Å². The van der Waals surface area contributed by atoms with Gasteiger partial charge in [-0.3, -0.25) is 4.99 Å². The number of rotatable bonds is 2. The Morgan fingerprint density at radius 1 is 1.75 bits per heavy atom. The summed E-state index contributed by atoms with van der Waals surface area (Å²) in [5.74, 6) is 2.31. The second kappa shape index (κ2) is 3.89. The Morgan fingerprint density at radius 3 is 2.50 bits per heavy atom. The quantitative estimate of drug-likeness (QED) is 0.286. The van der Waals surface area contributed by atoms with Gasteiger partial charge in [0.05, 0.1) is 0 Å². The highest BCUT2D eigenvalue weighted by molar-refractivity contribution is 5.37. The third-order valence-electron chi connectivity index (χ3n) is 0.594. The molecule has 0 spiro atoms. The third kappa shape index (κ3) is 1.99. The Hall–Kier alpha value is -1.29. The first-order valence-electron chi connectivity index (χ1n) is 2.11. The Morgan fingerprint density at radius 2 is 2.38 bits per heavy atom. The summed E-state index contributed by atoms with van der Waals surface area (Å²) >= 11 is 0. The van der Waals surface area contributed by atoms with E-state index in [4.69, 9.17) is 6.42 Å². The zero-order valence-electron chi connectivity index (χ0n) is 4.59. The minimum atomic E-state index is 0.514. The number of allylic oxidation sites excluding steroid dienone is 3. The molecule has 0 N–H and O–H groups in total. The van der Waals surface area contributed by atoms with Crippen molar-refractivity contribution in [3.8, 4) is 12.3 Å². The summed E-state index contributed by atoms with van der Waals surface area (Å²) < 4.78 is 0. The van der Waals surface area contributed by atoms with Crippen LogP contribution in [-0.2, 0) is 0 Å². The highest BCUT2D eigenvalue weighted by atomic mass is 14.7. The second-order valence-corrected chi connectivity index (χ2v) is 1.09. The molecule has 0 radical (unpaired) electrons. The third-order valence-corrected chi connectivity index (χ3v) is 0.594. The molecule has 0 saturated heterocycles. The molecule has 0 heterocycles. The molecule has 0 aliphatic carbocycles. The molecule has 0 aromatic rings. The Bertz CT molecular complexity index is 158. The molecular formula is C7H7N. The standard InChI is InChI=1S/C7H7N/c1-4-6-7(5-2)8-3/h2,4,6H,1,3H2/b7-6-. The van der Waals surface area contributed by atoms with Gasteiger partial charge in [-0.05, 0) is 12.8 Å². The van der Waals surface area contributed by atoms with Gasteiger partial charge in [0.2, 0.25) is 0 Å². The van der Waals surface area contributed by atoms with E-state index in [0.717, 1.165) is 0 Å². The molecule has 1 nitrogen and oxygen atoms in total. The molecule has 1 heteroatoms. The smallest absolute Gasteiger partial charge is 0.112 e. The van der Waals surface area contributed by atoms with Gasteiger partial charge in [0, 0.05) is 0 Å². The van der Waals surface area contributed by atoms with Crippen molar-refractivity contribution in [3.63, 3.8) is 0 Å². The fourth-order valence-corrected chi connectivity index (χ4v) is 0.258. The van der Waals surface area contributed by atoms with Crippen LogP contribution in [0.25, 0.3) is 0 Å². The predicted molar refractivity (Wildman–Crippen MR) is 36.7 cm³/mol. The van der Waals surface area contributed by atoms with Crippen LogP contribution in [0.3, 0.4) is 0 Å². The lowest BCUT2D eigenvalue weighted by Gasteiger charge is -1.79. The minimum Gasteiger partial charge on any atom is -0.256 e. The molecule has 0 aliphatic rings. The topological polar surface area (TPSA) is 12.4 Å². The Kier molecular flexibility index (Phi) is 3.26. The van der Waals surface area contributed by atoms with Gasteiger partial charge >= 0.3 is 0 Å². The lowest BCUT2D eigenvalue weighted by atomic mass is 10.4. The van der Waals surface area contributed by atoms with E-state index in [0.29, 0.717) is 5.70 Å². The van der Waals surface area contributed by atoms with E-state index in [2.05, 4.69) is 24.2 Å². The predicted octanol–water partition coefficient (Wildman–Crippen LogP) is 1.39. The summed E-state index contributed by atoms with van der Waals surface area (Å²) in [6.45, 7) is 6.68. The zero-order chi connectivity index (χ0) is 6.41. The molecule has 0 saturated carbocycles. The SMILES string of the molecule is C#C/C(=C/C=C)N=C. The summed E-state index contributed by atoms with van der Waals surface area (Å²) in [5.41, 5.74) is 0.514. The zero-order valence-corrected chi connectivity index (χ0v) is 4.59. The van der Waals surface area contributed by atoms with Crippen molar-refractivity contribution in [2.24, 2.45) is 4.99 Å². The average Bonchev–Trinajstić information content (AvgIpc) is 1.83. The molecule has 40 valence electrons. The second-order valence-electron chi connectivity index (χ2n) is 1.09. The number of nitrogens with zero attached hydrogens (tertiary/aromatic N) is 1. The maximum absolute atomic E-state index is 4.97. The highest BCUT2D eigenvalue weighted by Crippen LogP contribution is 1.90. The molecule has 8 heavy (non-hydrogen) atoms. The molecule has 0 atom stereocenters. The fraction of sp³-hybridized carbons (Fsp3) is 0. The van der Waals surface area contributed by atoms with E-state index >= 15 is 0 Å².